The quantitative estimate of drug-likeness (QED) is 0.492. The van der Waals surface area contributed by atoms with Gasteiger partial charge in [0.05, 0.1) is 13.5 Å². The molecule has 0 bridgehead atoms. The molecule has 1 aromatic carbocycles. The average molecular weight is 261 g/mol. The number of methoxy groups -OCH3 is 1. The summed E-state index contributed by atoms with van der Waals surface area (Å²) in [5.41, 5.74) is 0.742. The summed E-state index contributed by atoms with van der Waals surface area (Å²) in [6.45, 7) is 1.30. The molecule has 0 unspecified atom stereocenters. The summed E-state index contributed by atoms with van der Waals surface area (Å²) < 4.78 is 4.58. The molecule has 0 atom stereocenters. The molecule has 0 saturated carbocycles. The summed E-state index contributed by atoms with van der Waals surface area (Å²) in [6, 6.07) is 9.00. The first-order valence-electron chi connectivity index (χ1n) is 5.67. The third-order valence-electron chi connectivity index (χ3n) is 2.20. The van der Waals surface area contributed by atoms with Crippen molar-refractivity contribution in [1.82, 2.24) is 5.32 Å². The van der Waals surface area contributed by atoms with Crippen molar-refractivity contribution in [3.63, 3.8) is 0 Å². The molecular formula is C14H15NO4. The van der Waals surface area contributed by atoms with Crippen LogP contribution in [-0.2, 0) is 19.1 Å². The van der Waals surface area contributed by atoms with Gasteiger partial charge in [0.25, 0.3) is 0 Å². The summed E-state index contributed by atoms with van der Waals surface area (Å²) >= 11 is 0. The molecule has 0 aromatic heterocycles. The van der Waals surface area contributed by atoms with Gasteiger partial charge < -0.3 is 10.1 Å². The fourth-order valence-corrected chi connectivity index (χ4v) is 1.39. The Morgan fingerprint density at radius 2 is 1.84 bits per heavy atom. The molecule has 0 aliphatic heterocycles. The van der Waals surface area contributed by atoms with E-state index in [4.69, 9.17) is 0 Å². The van der Waals surface area contributed by atoms with Gasteiger partial charge in [0.15, 0.2) is 0 Å². The van der Waals surface area contributed by atoms with Crippen LogP contribution in [0.2, 0.25) is 0 Å². The molecule has 0 fully saturated rings. The van der Waals surface area contributed by atoms with Crippen LogP contribution >= 0.6 is 0 Å². The molecule has 5 nitrogen and oxygen atoms in total. The minimum atomic E-state index is -0.666. The van der Waals surface area contributed by atoms with Gasteiger partial charge in [-0.15, -0.1) is 0 Å². The first-order chi connectivity index (χ1) is 9.02. The van der Waals surface area contributed by atoms with E-state index in [0.717, 1.165) is 5.56 Å². The minimum Gasteiger partial charge on any atom is -0.464 e. The number of hydrogen-bond acceptors (Lipinski definition) is 4. The Labute approximate surface area is 111 Å². The molecule has 0 spiro atoms. The number of carbonyl (C=O) groups is 3. The zero-order valence-corrected chi connectivity index (χ0v) is 10.8. The molecule has 0 aliphatic rings. The average Bonchev–Trinajstić information content (AvgIpc) is 2.37. The molecule has 100 valence electrons. The van der Waals surface area contributed by atoms with E-state index in [2.05, 4.69) is 10.1 Å². The van der Waals surface area contributed by atoms with Crippen LogP contribution in [0.3, 0.4) is 0 Å². The number of ketones is 1. The van der Waals surface area contributed by atoms with Crippen molar-refractivity contribution in [2.24, 2.45) is 0 Å². The largest absolute Gasteiger partial charge is 0.464 e. The number of carbonyl (C=O) groups excluding carboxylic acids is 3. The monoisotopic (exact) mass is 261 g/mol. The van der Waals surface area contributed by atoms with Crippen molar-refractivity contribution in [3.8, 4) is 0 Å². The number of benzene rings is 1. The predicted molar refractivity (Wildman–Crippen MR) is 69.9 cm³/mol. The van der Waals surface area contributed by atoms with Crippen molar-refractivity contribution >= 4 is 23.7 Å². The van der Waals surface area contributed by atoms with E-state index in [0.29, 0.717) is 0 Å². The third-order valence-corrected chi connectivity index (χ3v) is 2.20. The third kappa shape index (κ3) is 5.16. The number of Topliss-reactive ketones (excluding diaryl/α,β-unsaturated/α-hetero) is 1. The van der Waals surface area contributed by atoms with Crippen LogP contribution < -0.4 is 5.32 Å². The van der Waals surface area contributed by atoms with Gasteiger partial charge >= 0.3 is 5.97 Å². The Morgan fingerprint density at radius 1 is 1.21 bits per heavy atom. The van der Waals surface area contributed by atoms with Crippen molar-refractivity contribution in [1.29, 1.82) is 0 Å². The highest BCUT2D eigenvalue weighted by Crippen LogP contribution is 2.06. The van der Waals surface area contributed by atoms with Crippen LogP contribution in [0, 0.1) is 0 Å². The van der Waals surface area contributed by atoms with E-state index in [1.165, 1.54) is 20.1 Å². The van der Waals surface area contributed by atoms with E-state index in [-0.39, 0.29) is 17.9 Å². The molecule has 1 N–H and O–H groups in total. The second-order valence-corrected chi connectivity index (χ2v) is 3.89. The van der Waals surface area contributed by atoms with Crippen molar-refractivity contribution in [3.05, 3.63) is 41.6 Å². The summed E-state index contributed by atoms with van der Waals surface area (Å²) in [5.74, 6) is -1.48. The first-order valence-corrected chi connectivity index (χ1v) is 5.67. The van der Waals surface area contributed by atoms with E-state index in [1.807, 2.05) is 6.07 Å². The molecule has 1 aromatic rings. The molecule has 5 heteroatoms. The normalized spacial score (nSPS) is 10.7. The fourth-order valence-electron chi connectivity index (χ4n) is 1.39. The highest BCUT2D eigenvalue weighted by atomic mass is 16.5. The summed E-state index contributed by atoms with van der Waals surface area (Å²) in [7, 11) is 1.22. The Bertz CT molecular complexity index is 505. The van der Waals surface area contributed by atoms with E-state index < -0.39 is 11.9 Å². The number of ether oxygens (including phenoxy) is 1. The van der Waals surface area contributed by atoms with E-state index >= 15 is 0 Å². The molecule has 0 aliphatic carbocycles. The van der Waals surface area contributed by atoms with Crippen LogP contribution in [0.15, 0.2) is 36.0 Å². The van der Waals surface area contributed by atoms with Gasteiger partial charge in [-0.2, -0.15) is 0 Å². The first kappa shape index (κ1) is 14.6. The van der Waals surface area contributed by atoms with Crippen molar-refractivity contribution in [2.75, 3.05) is 7.11 Å². The smallest absolute Gasteiger partial charge is 0.354 e. The van der Waals surface area contributed by atoms with E-state index in [9.17, 15) is 14.4 Å². The Kier molecular flexibility index (Phi) is 5.47. The van der Waals surface area contributed by atoms with Crippen molar-refractivity contribution < 1.29 is 19.1 Å². The highest BCUT2D eigenvalue weighted by Gasteiger charge is 2.14. The predicted octanol–water partition coefficient (Wildman–Crippen LogP) is 1.30. The molecule has 1 amide bonds. The molecule has 0 saturated heterocycles. The Morgan fingerprint density at radius 3 is 2.37 bits per heavy atom. The van der Waals surface area contributed by atoms with Crippen LogP contribution in [0.25, 0.3) is 6.08 Å². The van der Waals surface area contributed by atoms with E-state index in [1.54, 1.807) is 24.3 Å². The van der Waals surface area contributed by atoms with Gasteiger partial charge in [-0.3, -0.25) is 9.59 Å². The maximum Gasteiger partial charge on any atom is 0.354 e. The number of hydrogen-bond donors (Lipinski definition) is 1. The lowest BCUT2D eigenvalue weighted by atomic mass is 10.2. The van der Waals surface area contributed by atoms with Gasteiger partial charge in [-0.25, -0.2) is 4.79 Å². The van der Waals surface area contributed by atoms with Gasteiger partial charge in [0.1, 0.15) is 11.5 Å². The number of nitrogens with one attached hydrogen (secondary N) is 1. The topological polar surface area (TPSA) is 72.5 Å². The number of rotatable bonds is 5. The van der Waals surface area contributed by atoms with Crippen LogP contribution in [0.5, 0.6) is 0 Å². The van der Waals surface area contributed by atoms with Gasteiger partial charge in [0, 0.05) is 0 Å². The van der Waals surface area contributed by atoms with Gasteiger partial charge in [0.2, 0.25) is 5.91 Å². The fraction of sp³-hybridized carbons (Fsp3) is 0.214. The maximum absolute atomic E-state index is 11.5. The Balaban J connectivity index is 2.90. The SMILES string of the molecule is COC(=O)C(=Cc1ccccc1)NC(=O)CC(C)=O. The molecular weight excluding hydrogens is 246 g/mol. The highest BCUT2D eigenvalue weighted by molar-refractivity contribution is 6.03. The van der Waals surface area contributed by atoms with Gasteiger partial charge in [-0.05, 0) is 18.6 Å². The molecule has 1 rings (SSSR count). The summed E-state index contributed by atoms with van der Waals surface area (Å²) in [5, 5.41) is 2.37. The lowest BCUT2D eigenvalue weighted by molar-refractivity contribution is -0.138. The lowest BCUT2D eigenvalue weighted by Crippen LogP contribution is -2.29. The molecule has 0 radical (unpaired) electrons. The second kappa shape index (κ2) is 7.10. The zero-order chi connectivity index (χ0) is 14.3. The lowest BCUT2D eigenvalue weighted by Gasteiger charge is -2.07. The Hall–Kier alpha value is -2.43. The van der Waals surface area contributed by atoms with Gasteiger partial charge in [-0.1, -0.05) is 30.3 Å². The molecule has 19 heavy (non-hydrogen) atoms. The van der Waals surface area contributed by atoms with Crippen LogP contribution in [0.1, 0.15) is 18.9 Å². The minimum absolute atomic E-state index is 0.0000463. The maximum atomic E-state index is 11.5. The number of amides is 1. The standard InChI is InChI=1S/C14H15NO4/c1-10(16)8-13(17)15-12(14(18)19-2)9-11-6-4-3-5-7-11/h3-7,9H,8H2,1-2H3,(H,15,17). The molecule has 0 heterocycles. The van der Waals surface area contributed by atoms with Crippen LogP contribution in [-0.4, -0.2) is 24.8 Å². The second-order valence-electron chi connectivity index (χ2n) is 3.89. The van der Waals surface area contributed by atoms with Crippen LogP contribution in [0.4, 0.5) is 0 Å². The number of esters is 1. The summed E-state index contributed by atoms with van der Waals surface area (Å²) in [4.78, 5) is 33.9. The van der Waals surface area contributed by atoms with Crippen molar-refractivity contribution in [2.45, 2.75) is 13.3 Å². The zero-order valence-electron chi connectivity index (χ0n) is 10.8. The summed E-state index contributed by atoms with van der Waals surface area (Å²) in [6.07, 6.45) is 1.22.